The minimum absolute atomic E-state index is 0.0174. The first-order chi connectivity index (χ1) is 13.9. The molecule has 0 radical (unpaired) electrons. The van der Waals surface area contributed by atoms with E-state index in [0.29, 0.717) is 25.8 Å². The summed E-state index contributed by atoms with van der Waals surface area (Å²) in [6, 6.07) is 10.4. The number of hydrogen-bond donors (Lipinski definition) is 2. The van der Waals surface area contributed by atoms with Crippen LogP contribution < -0.4 is 10.6 Å². The third-order valence-corrected chi connectivity index (χ3v) is 4.55. The smallest absolute Gasteiger partial charge is 0.221 e. The zero-order chi connectivity index (χ0) is 21.2. The van der Waals surface area contributed by atoms with Crippen LogP contribution in [0.4, 0.5) is 13.2 Å². The van der Waals surface area contributed by atoms with Crippen molar-refractivity contribution < 1.29 is 22.7 Å². The van der Waals surface area contributed by atoms with Gasteiger partial charge in [0, 0.05) is 37.7 Å². The van der Waals surface area contributed by atoms with Gasteiger partial charge in [0.1, 0.15) is 5.82 Å². The van der Waals surface area contributed by atoms with Crippen LogP contribution in [0.5, 0.6) is 0 Å². The molecule has 0 aromatic heterocycles. The molecule has 0 aliphatic heterocycles. The fourth-order valence-corrected chi connectivity index (χ4v) is 3.07. The minimum Gasteiger partial charge on any atom is -0.380 e. The van der Waals surface area contributed by atoms with Gasteiger partial charge in [0.2, 0.25) is 5.91 Å². The summed E-state index contributed by atoms with van der Waals surface area (Å²) in [5, 5.41) is 6.05. The molecule has 2 rings (SSSR count). The number of nitrogens with one attached hydrogen (secondary N) is 2. The number of carbonyl (C=O) groups is 1. The van der Waals surface area contributed by atoms with E-state index >= 15 is 0 Å². The van der Waals surface area contributed by atoms with Gasteiger partial charge in [-0.2, -0.15) is 0 Å². The van der Waals surface area contributed by atoms with Gasteiger partial charge in [-0.15, -0.1) is 0 Å². The molecule has 0 saturated carbocycles. The molecule has 7 heteroatoms. The van der Waals surface area contributed by atoms with Crippen molar-refractivity contribution in [2.75, 3.05) is 19.8 Å². The number of benzene rings is 2. The lowest BCUT2D eigenvalue weighted by atomic mass is 9.99. The van der Waals surface area contributed by atoms with Crippen LogP contribution in [-0.2, 0) is 16.0 Å². The molecular weight excluding hydrogens is 381 g/mol. The molecule has 29 heavy (non-hydrogen) atoms. The predicted octanol–water partition coefficient (Wildman–Crippen LogP) is 3.91. The Balaban J connectivity index is 2.10. The van der Waals surface area contributed by atoms with Crippen molar-refractivity contribution in [3.8, 4) is 0 Å². The Morgan fingerprint density at radius 2 is 1.76 bits per heavy atom. The largest absolute Gasteiger partial charge is 0.380 e. The molecular formula is C22H27F3N2O2. The van der Waals surface area contributed by atoms with Crippen molar-refractivity contribution in [3.05, 3.63) is 71.0 Å². The Morgan fingerprint density at radius 3 is 2.45 bits per heavy atom. The predicted molar refractivity (Wildman–Crippen MR) is 106 cm³/mol. The average Bonchev–Trinajstić information content (AvgIpc) is 2.70. The fourth-order valence-electron chi connectivity index (χ4n) is 3.07. The maximum Gasteiger partial charge on any atom is 0.221 e. The molecule has 2 aromatic carbocycles. The molecule has 0 fully saturated rings. The normalized spacial score (nSPS) is 13.1. The lowest BCUT2D eigenvalue weighted by Gasteiger charge is -2.24. The Morgan fingerprint density at radius 1 is 1.07 bits per heavy atom. The molecule has 0 spiro atoms. The van der Waals surface area contributed by atoms with Gasteiger partial charge < -0.3 is 15.4 Å². The van der Waals surface area contributed by atoms with E-state index in [2.05, 4.69) is 10.6 Å². The van der Waals surface area contributed by atoms with Crippen molar-refractivity contribution in [2.24, 2.45) is 0 Å². The van der Waals surface area contributed by atoms with Crippen molar-refractivity contribution >= 4 is 5.91 Å². The highest BCUT2D eigenvalue weighted by Crippen LogP contribution is 2.19. The zero-order valence-electron chi connectivity index (χ0n) is 16.7. The summed E-state index contributed by atoms with van der Waals surface area (Å²) in [5.74, 6) is -3.41. The third kappa shape index (κ3) is 7.51. The Kier molecular flexibility index (Phi) is 9.15. The van der Waals surface area contributed by atoms with E-state index in [1.807, 2.05) is 44.2 Å². The van der Waals surface area contributed by atoms with Crippen molar-refractivity contribution in [1.82, 2.24) is 10.6 Å². The highest BCUT2D eigenvalue weighted by Gasteiger charge is 2.20. The van der Waals surface area contributed by atoms with Gasteiger partial charge >= 0.3 is 0 Å². The molecule has 158 valence electrons. The van der Waals surface area contributed by atoms with Crippen molar-refractivity contribution in [1.29, 1.82) is 0 Å². The number of amides is 1. The molecule has 0 bridgehead atoms. The van der Waals surface area contributed by atoms with E-state index in [0.717, 1.165) is 11.6 Å². The standard InChI is InChI=1S/C22H27F3N2O2/c1-3-29-10-9-26-22(28)13-18(27-15(2)16-7-5-4-6-8-16)11-17-12-20(24)21(25)14-19(17)23/h4-8,12,14-15,18,27H,3,9-11,13H2,1-2H3,(H,26,28)/t15-,18?/m1/s1. The van der Waals surface area contributed by atoms with E-state index in [1.165, 1.54) is 0 Å². The number of carbonyl (C=O) groups excluding carboxylic acids is 1. The van der Waals surface area contributed by atoms with E-state index in [1.54, 1.807) is 0 Å². The van der Waals surface area contributed by atoms with Gasteiger partial charge in [0.05, 0.1) is 6.61 Å². The molecule has 0 heterocycles. The second-order valence-electron chi connectivity index (χ2n) is 6.81. The van der Waals surface area contributed by atoms with Gasteiger partial charge in [0.25, 0.3) is 0 Å². The lowest BCUT2D eigenvalue weighted by Crippen LogP contribution is -2.39. The van der Waals surface area contributed by atoms with Crippen LogP contribution >= 0.6 is 0 Å². The maximum absolute atomic E-state index is 14.1. The SMILES string of the molecule is CCOCCNC(=O)CC(Cc1cc(F)c(F)cc1F)N[C@H](C)c1ccccc1. The number of ether oxygens (including phenoxy) is 1. The van der Waals surface area contributed by atoms with Crippen LogP contribution in [-0.4, -0.2) is 31.7 Å². The van der Waals surface area contributed by atoms with Gasteiger partial charge in [-0.3, -0.25) is 4.79 Å². The summed E-state index contributed by atoms with van der Waals surface area (Å²) >= 11 is 0. The summed E-state index contributed by atoms with van der Waals surface area (Å²) in [4.78, 5) is 12.3. The van der Waals surface area contributed by atoms with Crippen LogP contribution in [0.1, 0.15) is 37.4 Å². The Bertz CT molecular complexity index is 787. The van der Waals surface area contributed by atoms with Gasteiger partial charge in [-0.1, -0.05) is 30.3 Å². The Hall–Kier alpha value is -2.38. The summed E-state index contributed by atoms with van der Waals surface area (Å²) in [6.45, 7) is 5.12. The molecule has 0 aliphatic carbocycles. The third-order valence-electron chi connectivity index (χ3n) is 4.55. The monoisotopic (exact) mass is 408 g/mol. The summed E-state index contributed by atoms with van der Waals surface area (Å²) < 4.78 is 46.1. The Labute approximate surface area is 169 Å². The topological polar surface area (TPSA) is 50.4 Å². The highest BCUT2D eigenvalue weighted by molar-refractivity contribution is 5.76. The van der Waals surface area contributed by atoms with Gasteiger partial charge in [-0.05, 0) is 37.5 Å². The molecule has 4 nitrogen and oxygen atoms in total. The second-order valence-corrected chi connectivity index (χ2v) is 6.81. The first-order valence-electron chi connectivity index (χ1n) is 9.69. The highest BCUT2D eigenvalue weighted by atomic mass is 19.2. The van der Waals surface area contributed by atoms with Crippen LogP contribution in [0.2, 0.25) is 0 Å². The molecule has 2 N–H and O–H groups in total. The van der Waals surface area contributed by atoms with Crippen LogP contribution in [0, 0.1) is 17.5 Å². The maximum atomic E-state index is 14.1. The first kappa shape index (κ1) is 22.9. The molecule has 1 unspecified atom stereocenters. The summed E-state index contributed by atoms with van der Waals surface area (Å²) in [6.07, 6.45) is 0.0980. The molecule has 2 aromatic rings. The van der Waals surface area contributed by atoms with Crippen LogP contribution in [0.3, 0.4) is 0 Å². The average molecular weight is 408 g/mol. The van der Waals surface area contributed by atoms with Crippen molar-refractivity contribution in [3.63, 3.8) is 0 Å². The number of rotatable bonds is 11. The van der Waals surface area contributed by atoms with E-state index < -0.39 is 23.5 Å². The molecule has 2 atom stereocenters. The molecule has 1 amide bonds. The molecule has 0 aliphatic rings. The summed E-state index contributed by atoms with van der Waals surface area (Å²) in [5.41, 5.74) is 1.02. The summed E-state index contributed by atoms with van der Waals surface area (Å²) in [7, 11) is 0. The minimum atomic E-state index is -1.23. The van der Waals surface area contributed by atoms with Crippen LogP contribution in [0.25, 0.3) is 0 Å². The van der Waals surface area contributed by atoms with E-state index in [4.69, 9.17) is 4.74 Å². The molecule has 0 saturated heterocycles. The van der Waals surface area contributed by atoms with Gasteiger partial charge in [0.15, 0.2) is 11.6 Å². The van der Waals surface area contributed by atoms with Crippen molar-refractivity contribution in [2.45, 2.75) is 38.8 Å². The number of hydrogen-bond acceptors (Lipinski definition) is 3. The lowest BCUT2D eigenvalue weighted by molar-refractivity contribution is -0.121. The van der Waals surface area contributed by atoms with E-state index in [9.17, 15) is 18.0 Å². The van der Waals surface area contributed by atoms with E-state index in [-0.39, 0.29) is 30.4 Å². The second kappa shape index (κ2) is 11.6. The zero-order valence-corrected chi connectivity index (χ0v) is 16.7. The van der Waals surface area contributed by atoms with Gasteiger partial charge in [-0.25, -0.2) is 13.2 Å². The quantitative estimate of drug-likeness (QED) is 0.438. The number of halogens is 3. The van der Waals surface area contributed by atoms with Crippen LogP contribution in [0.15, 0.2) is 42.5 Å². The first-order valence-corrected chi connectivity index (χ1v) is 9.69. The fraction of sp³-hybridized carbons (Fsp3) is 0.409.